The SMILES string of the molecule is Cc1cccc(NC(=O)[C@@H](C)SCc2ccc(Br)cc2)c1C. The molecule has 2 aromatic rings. The number of benzene rings is 2. The van der Waals surface area contributed by atoms with Crippen LogP contribution in [0.15, 0.2) is 46.9 Å². The van der Waals surface area contributed by atoms with Crippen molar-refractivity contribution in [1.29, 1.82) is 0 Å². The lowest BCUT2D eigenvalue weighted by atomic mass is 10.1. The summed E-state index contributed by atoms with van der Waals surface area (Å²) in [5.74, 6) is 0.880. The molecule has 0 aliphatic carbocycles. The van der Waals surface area contributed by atoms with Gasteiger partial charge in [0.15, 0.2) is 0 Å². The Morgan fingerprint density at radius 2 is 1.86 bits per heavy atom. The largest absolute Gasteiger partial charge is 0.325 e. The van der Waals surface area contributed by atoms with Crippen molar-refractivity contribution in [2.24, 2.45) is 0 Å². The molecule has 2 aromatic carbocycles. The van der Waals surface area contributed by atoms with E-state index in [-0.39, 0.29) is 11.2 Å². The normalized spacial score (nSPS) is 12.0. The zero-order valence-electron chi connectivity index (χ0n) is 13.0. The minimum Gasteiger partial charge on any atom is -0.325 e. The summed E-state index contributed by atoms with van der Waals surface area (Å²) in [5.41, 5.74) is 4.44. The fourth-order valence-electron chi connectivity index (χ4n) is 2.00. The highest BCUT2D eigenvalue weighted by Crippen LogP contribution is 2.22. The van der Waals surface area contributed by atoms with Crippen LogP contribution in [0.2, 0.25) is 0 Å². The number of hydrogen-bond acceptors (Lipinski definition) is 2. The molecule has 1 atom stereocenters. The van der Waals surface area contributed by atoms with E-state index < -0.39 is 0 Å². The van der Waals surface area contributed by atoms with Crippen molar-refractivity contribution < 1.29 is 4.79 Å². The molecular weight excluding hydrogens is 358 g/mol. The van der Waals surface area contributed by atoms with Gasteiger partial charge in [0.2, 0.25) is 5.91 Å². The van der Waals surface area contributed by atoms with Crippen LogP contribution in [0, 0.1) is 13.8 Å². The second kappa shape index (κ2) is 7.84. The van der Waals surface area contributed by atoms with Crippen LogP contribution in [0.5, 0.6) is 0 Å². The van der Waals surface area contributed by atoms with Gasteiger partial charge in [0.1, 0.15) is 0 Å². The van der Waals surface area contributed by atoms with Crippen molar-refractivity contribution in [2.45, 2.75) is 31.8 Å². The molecule has 0 unspecified atom stereocenters. The summed E-state index contributed by atoms with van der Waals surface area (Å²) in [6.45, 7) is 6.03. The van der Waals surface area contributed by atoms with E-state index in [0.717, 1.165) is 21.5 Å². The molecule has 1 amide bonds. The van der Waals surface area contributed by atoms with E-state index in [4.69, 9.17) is 0 Å². The summed E-state index contributed by atoms with van der Waals surface area (Å²) in [6, 6.07) is 14.2. The molecular formula is C18H20BrNOS. The third-order valence-electron chi connectivity index (χ3n) is 3.64. The van der Waals surface area contributed by atoms with E-state index in [2.05, 4.69) is 46.4 Å². The maximum atomic E-state index is 12.3. The van der Waals surface area contributed by atoms with Crippen LogP contribution in [0.25, 0.3) is 0 Å². The van der Waals surface area contributed by atoms with Crippen LogP contribution in [0.1, 0.15) is 23.6 Å². The van der Waals surface area contributed by atoms with Gasteiger partial charge in [0.05, 0.1) is 5.25 Å². The number of carbonyl (C=O) groups is 1. The second-order valence-corrected chi connectivity index (χ2v) is 7.56. The fourth-order valence-corrected chi connectivity index (χ4v) is 3.11. The molecule has 2 nitrogen and oxygen atoms in total. The molecule has 0 heterocycles. The summed E-state index contributed by atoms with van der Waals surface area (Å²) in [4.78, 5) is 12.3. The Bertz CT molecular complexity index is 655. The van der Waals surface area contributed by atoms with Crippen molar-refractivity contribution in [2.75, 3.05) is 5.32 Å². The molecule has 0 radical (unpaired) electrons. The molecule has 116 valence electrons. The quantitative estimate of drug-likeness (QED) is 0.762. The van der Waals surface area contributed by atoms with Gasteiger partial charge in [-0.25, -0.2) is 0 Å². The molecule has 22 heavy (non-hydrogen) atoms. The molecule has 2 rings (SSSR count). The number of thioether (sulfide) groups is 1. The first-order chi connectivity index (χ1) is 10.5. The standard InChI is InChI=1S/C18H20BrNOS/c1-12-5-4-6-17(13(12)2)20-18(21)14(3)22-11-15-7-9-16(19)10-8-15/h4-10,14H,11H2,1-3H3,(H,20,21)/t14-/m1/s1. The summed E-state index contributed by atoms with van der Waals surface area (Å²) < 4.78 is 1.07. The van der Waals surface area contributed by atoms with Gasteiger partial charge in [0, 0.05) is 15.9 Å². The Hall–Kier alpha value is -1.26. The zero-order valence-corrected chi connectivity index (χ0v) is 15.4. The predicted octanol–water partition coefficient (Wildman–Crippen LogP) is 5.33. The Morgan fingerprint density at radius 1 is 1.18 bits per heavy atom. The fraction of sp³-hybridized carbons (Fsp3) is 0.278. The molecule has 0 aromatic heterocycles. The van der Waals surface area contributed by atoms with Gasteiger partial charge in [-0.15, -0.1) is 11.8 Å². The zero-order chi connectivity index (χ0) is 16.1. The Balaban J connectivity index is 1.92. The van der Waals surface area contributed by atoms with E-state index in [9.17, 15) is 4.79 Å². The van der Waals surface area contributed by atoms with Gasteiger partial charge < -0.3 is 5.32 Å². The summed E-state index contributed by atoms with van der Waals surface area (Å²) in [6.07, 6.45) is 0. The Morgan fingerprint density at radius 3 is 2.55 bits per heavy atom. The number of nitrogens with one attached hydrogen (secondary N) is 1. The monoisotopic (exact) mass is 377 g/mol. The minimum absolute atomic E-state index is 0.0517. The summed E-state index contributed by atoms with van der Waals surface area (Å²) in [5, 5.41) is 2.93. The van der Waals surface area contributed by atoms with Crippen LogP contribution < -0.4 is 5.32 Å². The number of aryl methyl sites for hydroxylation is 1. The van der Waals surface area contributed by atoms with Crippen LogP contribution >= 0.6 is 27.7 Å². The van der Waals surface area contributed by atoms with Crippen molar-refractivity contribution >= 4 is 39.3 Å². The maximum Gasteiger partial charge on any atom is 0.237 e. The molecule has 0 saturated carbocycles. The average molecular weight is 378 g/mol. The van der Waals surface area contributed by atoms with Crippen molar-refractivity contribution in [3.63, 3.8) is 0 Å². The van der Waals surface area contributed by atoms with E-state index in [1.165, 1.54) is 11.1 Å². The molecule has 4 heteroatoms. The van der Waals surface area contributed by atoms with Gasteiger partial charge in [-0.05, 0) is 55.7 Å². The minimum atomic E-state index is -0.0939. The highest BCUT2D eigenvalue weighted by molar-refractivity contribution is 9.10. The average Bonchev–Trinajstić information content (AvgIpc) is 2.51. The number of anilines is 1. The topological polar surface area (TPSA) is 29.1 Å². The smallest absolute Gasteiger partial charge is 0.237 e. The lowest BCUT2D eigenvalue weighted by Gasteiger charge is -2.14. The van der Waals surface area contributed by atoms with Crippen LogP contribution in [-0.4, -0.2) is 11.2 Å². The van der Waals surface area contributed by atoms with Crippen molar-refractivity contribution in [3.05, 3.63) is 63.6 Å². The predicted molar refractivity (Wildman–Crippen MR) is 99.4 cm³/mol. The van der Waals surface area contributed by atoms with Crippen LogP contribution in [0.4, 0.5) is 5.69 Å². The maximum absolute atomic E-state index is 12.3. The van der Waals surface area contributed by atoms with Gasteiger partial charge in [0.25, 0.3) is 0 Å². The van der Waals surface area contributed by atoms with Gasteiger partial charge >= 0.3 is 0 Å². The first-order valence-electron chi connectivity index (χ1n) is 7.20. The third kappa shape index (κ3) is 4.62. The van der Waals surface area contributed by atoms with Gasteiger partial charge in [-0.1, -0.05) is 40.2 Å². The number of hydrogen-bond donors (Lipinski definition) is 1. The van der Waals surface area contributed by atoms with Crippen LogP contribution in [-0.2, 0) is 10.5 Å². The molecule has 0 aliphatic rings. The summed E-state index contributed by atoms with van der Waals surface area (Å²) in [7, 11) is 0. The van der Waals surface area contributed by atoms with E-state index in [1.807, 2.05) is 38.1 Å². The summed E-state index contributed by atoms with van der Waals surface area (Å²) >= 11 is 5.07. The number of rotatable bonds is 5. The van der Waals surface area contributed by atoms with E-state index in [1.54, 1.807) is 11.8 Å². The number of amides is 1. The first kappa shape index (κ1) is 17.1. The molecule has 0 fully saturated rings. The van der Waals surface area contributed by atoms with Crippen molar-refractivity contribution in [1.82, 2.24) is 0 Å². The molecule has 0 bridgehead atoms. The molecule has 0 spiro atoms. The second-order valence-electron chi connectivity index (χ2n) is 5.32. The lowest BCUT2D eigenvalue weighted by molar-refractivity contribution is -0.115. The van der Waals surface area contributed by atoms with Crippen molar-refractivity contribution in [3.8, 4) is 0 Å². The lowest BCUT2D eigenvalue weighted by Crippen LogP contribution is -2.23. The van der Waals surface area contributed by atoms with Gasteiger partial charge in [-0.3, -0.25) is 4.79 Å². The third-order valence-corrected chi connectivity index (χ3v) is 5.39. The molecule has 0 saturated heterocycles. The highest BCUT2D eigenvalue weighted by Gasteiger charge is 2.14. The molecule has 1 N–H and O–H groups in total. The Kier molecular flexibility index (Phi) is 6.09. The first-order valence-corrected chi connectivity index (χ1v) is 9.04. The Labute approximate surface area is 144 Å². The highest BCUT2D eigenvalue weighted by atomic mass is 79.9. The van der Waals surface area contributed by atoms with Crippen LogP contribution in [0.3, 0.4) is 0 Å². The number of halogens is 1. The molecule has 0 aliphatic heterocycles. The van der Waals surface area contributed by atoms with E-state index in [0.29, 0.717) is 0 Å². The van der Waals surface area contributed by atoms with Gasteiger partial charge in [-0.2, -0.15) is 0 Å². The van der Waals surface area contributed by atoms with E-state index >= 15 is 0 Å². The number of carbonyl (C=O) groups excluding carboxylic acids is 1.